The Kier molecular flexibility index (Phi) is 3.96. The maximum atomic E-state index is 14.3. The van der Waals surface area contributed by atoms with Crippen LogP contribution in [0.25, 0.3) is 22.2 Å². The van der Waals surface area contributed by atoms with Crippen LogP contribution in [0.4, 0.5) is 14.5 Å². The van der Waals surface area contributed by atoms with E-state index < -0.39 is 23.0 Å². The van der Waals surface area contributed by atoms with Gasteiger partial charge < -0.3 is 10.7 Å². The van der Waals surface area contributed by atoms with Gasteiger partial charge in [-0.15, -0.1) is 0 Å². The number of aromatic nitrogens is 2. The number of nitrogens with one attached hydrogen (secondary N) is 1. The van der Waals surface area contributed by atoms with Crippen molar-refractivity contribution in [1.29, 1.82) is 0 Å². The van der Waals surface area contributed by atoms with Crippen LogP contribution in [0.1, 0.15) is 21.5 Å². The number of fused-ring (bicyclic) bond motifs is 1. The zero-order valence-corrected chi connectivity index (χ0v) is 14.4. The van der Waals surface area contributed by atoms with Crippen LogP contribution < -0.4 is 5.73 Å². The van der Waals surface area contributed by atoms with E-state index in [1.165, 1.54) is 6.20 Å². The van der Waals surface area contributed by atoms with Crippen LogP contribution in [0.2, 0.25) is 0 Å². The number of carbonyl (C=O) groups is 1. The number of rotatable bonds is 3. The van der Waals surface area contributed by atoms with Crippen LogP contribution >= 0.6 is 0 Å². The molecule has 2 aromatic heterocycles. The summed E-state index contributed by atoms with van der Waals surface area (Å²) >= 11 is 0. The van der Waals surface area contributed by atoms with Crippen molar-refractivity contribution in [2.24, 2.45) is 0 Å². The van der Waals surface area contributed by atoms with Crippen LogP contribution in [0.5, 0.6) is 0 Å². The first-order valence-corrected chi connectivity index (χ1v) is 8.28. The Morgan fingerprint density at radius 3 is 2.56 bits per heavy atom. The minimum Gasteiger partial charge on any atom is -0.396 e. The van der Waals surface area contributed by atoms with Crippen molar-refractivity contribution in [1.82, 2.24) is 9.97 Å². The number of carbonyl (C=O) groups excluding carboxylic acids is 1. The molecule has 134 valence electrons. The molecule has 0 aliphatic heterocycles. The monoisotopic (exact) mass is 363 g/mol. The molecule has 0 fully saturated rings. The number of H-pyrrole nitrogens is 1. The Hall–Kier alpha value is -3.54. The molecule has 27 heavy (non-hydrogen) atoms. The van der Waals surface area contributed by atoms with E-state index in [0.717, 1.165) is 28.8 Å². The summed E-state index contributed by atoms with van der Waals surface area (Å²) in [6.45, 7) is 1.99. The second kappa shape index (κ2) is 6.32. The van der Waals surface area contributed by atoms with E-state index in [4.69, 9.17) is 5.73 Å². The molecule has 0 saturated heterocycles. The van der Waals surface area contributed by atoms with Crippen molar-refractivity contribution in [2.75, 3.05) is 5.73 Å². The maximum absolute atomic E-state index is 14.3. The molecule has 0 amide bonds. The molecule has 0 aliphatic carbocycles. The summed E-state index contributed by atoms with van der Waals surface area (Å²) in [6, 6.07) is 11.7. The summed E-state index contributed by atoms with van der Waals surface area (Å²) in [5.74, 6) is -2.80. The molecule has 3 N–H and O–H groups in total. The highest BCUT2D eigenvalue weighted by molar-refractivity contribution is 6.16. The van der Waals surface area contributed by atoms with E-state index in [-0.39, 0.29) is 11.3 Å². The Morgan fingerprint density at radius 2 is 1.81 bits per heavy atom. The lowest BCUT2D eigenvalue weighted by Crippen LogP contribution is -2.09. The van der Waals surface area contributed by atoms with Crippen molar-refractivity contribution < 1.29 is 13.6 Å². The van der Waals surface area contributed by atoms with Gasteiger partial charge in [-0.25, -0.2) is 13.8 Å². The lowest BCUT2D eigenvalue weighted by atomic mass is 9.99. The number of aryl methyl sites for hydroxylation is 1. The number of nitrogens with zero attached hydrogens (tertiary/aromatic N) is 1. The zero-order chi connectivity index (χ0) is 19.1. The quantitative estimate of drug-likeness (QED) is 0.412. The number of nitrogens with two attached hydrogens (primary N) is 1. The molecule has 0 bridgehead atoms. The molecule has 0 saturated carbocycles. The van der Waals surface area contributed by atoms with E-state index in [9.17, 15) is 13.6 Å². The van der Waals surface area contributed by atoms with Gasteiger partial charge in [0.15, 0.2) is 5.82 Å². The van der Waals surface area contributed by atoms with Gasteiger partial charge >= 0.3 is 0 Å². The fraction of sp³-hybridized carbons (Fsp3) is 0.0476. The molecule has 0 atom stereocenters. The van der Waals surface area contributed by atoms with Gasteiger partial charge in [0.1, 0.15) is 11.5 Å². The number of hydrogen-bond donors (Lipinski definition) is 2. The van der Waals surface area contributed by atoms with Gasteiger partial charge in [-0.1, -0.05) is 29.8 Å². The van der Waals surface area contributed by atoms with E-state index in [2.05, 4.69) is 9.97 Å². The zero-order valence-electron chi connectivity index (χ0n) is 14.4. The molecule has 0 unspecified atom stereocenters. The molecule has 2 aromatic carbocycles. The van der Waals surface area contributed by atoms with E-state index in [0.29, 0.717) is 11.0 Å². The van der Waals surface area contributed by atoms with Gasteiger partial charge in [0.25, 0.3) is 0 Å². The summed E-state index contributed by atoms with van der Waals surface area (Å²) in [4.78, 5) is 20.0. The highest BCUT2D eigenvalue weighted by Gasteiger charge is 2.23. The lowest BCUT2D eigenvalue weighted by molar-refractivity contribution is 0.103. The van der Waals surface area contributed by atoms with Gasteiger partial charge in [-0.3, -0.25) is 4.79 Å². The molecule has 0 spiro atoms. The number of aromatic amines is 1. The Balaban J connectivity index is 1.86. The highest BCUT2D eigenvalue weighted by atomic mass is 19.1. The lowest BCUT2D eigenvalue weighted by Gasteiger charge is -2.06. The minimum atomic E-state index is -1.06. The topological polar surface area (TPSA) is 71.8 Å². The third-order valence-electron chi connectivity index (χ3n) is 4.51. The van der Waals surface area contributed by atoms with Gasteiger partial charge in [0.2, 0.25) is 5.78 Å². The number of hydrogen-bond acceptors (Lipinski definition) is 3. The van der Waals surface area contributed by atoms with Gasteiger partial charge in [0.05, 0.1) is 11.3 Å². The van der Waals surface area contributed by atoms with Crippen molar-refractivity contribution in [3.8, 4) is 11.1 Å². The van der Waals surface area contributed by atoms with E-state index in [1.807, 2.05) is 31.2 Å². The number of anilines is 1. The second-order valence-corrected chi connectivity index (χ2v) is 6.34. The Morgan fingerprint density at radius 1 is 1.07 bits per heavy atom. The van der Waals surface area contributed by atoms with Crippen LogP contribution in [-0.2, 0) is 0 Å². The van der Waals surface area contributed by atoms with Crippen LogP contribution in [0, 0.1) is 18.6 Å². The SMILES string of the molecule is Cc1ccc(-c2cnc3[nH]cc(C(=O)c4c(F)ccc(N)c4F)c3c2)cc1. The first-order valence-electron chi connectivity index (χ1n) is 8.28. The first-order chi connectivity index (χ1) is 13.0. The number of benzene rings is 2. The number of ketones is 1. The van der Waals surface area contributed by atoms with Crippen molar-refractivity contribution >= 4 is 22.5 Å². The molecule has 4 nitrogen and oxygen atoms in total. The highest BCUT2D eigenvalue weighted by Crippen LogP contribution is 2.28. The number of nitrogen functional groups attached to an aromatic ring is 1. The van der Waals surface area contributed by atoms with Gasteiger partial charge in [-0.2, -0.15) is 0 Å². The molecular formula is C21H15F2N3O. The fourth-order valence-corrected chi connectivity index (χ4v) is 3.01. The molecule has 4 aromatic rings. The summed E-state index contributed by atoms with van der Waals surface area (Å²) in [5.41, 5.74) is 7.98. The fourth-order valence-electron chi connectivity index (χ4n) is 3.01. The number of halogens is 2. The largest absolute Gasteiger partial charge is 0.396 e. The molecule has 2 heterocycles. The van der Waals surface area contributed by atoms with E-state index >= 15 is 0 Å². The maximum Gasteiger partial charge on any atom is 0.201 e. The van der Waals surface area contributed by atoms with Crippen LogP contribution in [0.3, 0.4) is 0 Å². The average molecular weight is 363 g/mol. The van der Waals surface area contributed by atoms with Gasteiger partial charge in [-0.05, 0) is 30.7 Å². The third-order valence-corrected chi connectivity index (χ3v) is 4.51. The van der Waals surface area contributed by atoms with Crippen molar-refractivity contribution in [3.05, 3.63) is 83.2 Å². The molecular weight excluding hydrogens is 348 g/mol. The average Bonchev–Trinajstić information content (AvgIpc) is 3.09. The third kappa shape index (κ3) is 2.85. The molecule has 0 aliphatic rings. The molecule has 6 heteroatoms. The summed E-state index contributed by atoms with van der Waals surface area (Å²) in [5, 5.41) is 0.485. The smallest absolute Gasteiger partial charge is 0.201 e. The first kappa shape index (κ1) is 16.9. The standard InChI is InChI=1S/C21H15F2N3O/c1-11-2-4-12(5-3-11)13-8-14-15(10-26-21(14)25-9-13)20(27)18-16(22)6-7-17(24)19(18)23/h2-10H,24H2,1H3,(H,25,26). The Labute approximate surface area is 153 Å². The summed E-state index contributed by atoms with van der Waals surface area (Å²) in [6.07, 6.45) is 3.08. The van der Waals surface area contributed by atoms with Gasteiger partial charge in [0, 0.05) is 28.9 Å². The summed E-state index contributed by atoms with van der Waals surface area (Å²) < 4.78 is 28.4. The normalized spacial score (nSPS) is 11.1. The second-order valence-electron chi connectivity index (χ2n) is 6.34. The van der Waals surface area contributed by atoms with E-state index in [1.54, 1.807) is 12.3 Å². The van der Waals surface area contributed by atoms with Crippen molar-refractivity contribution in [2.45, 2.75) is 6.92 Å². The number of pyridine rings is 1. The predicted molar refractivity (Wildman–Crippen MR) is 100 cm³/mol. The molecule has 4 rings (SSSR count). The van der Waals surface area contributed by atoms with Crippen LogP contribution in [-0.4, -0.2) is 15.8 Å². The predicted octanol–water partition coefficient (Wildman–Crippen LogP) is 4.63. The molecule has 0 radical (unpaired) electrons. The van der Waals surface area contributed by atoms with Crippen molar-refractivity contribution in [3.63, 3.8) is 0 Å². The Bertz CT molecular complexity index is 1180. The van der Waals surface area contributed by atoms with Crippen LogP contribution in [0.15, 0.2) is 54.9 Å². The minimum absolute atomic E-state index is 0.134. The summed E-state index contributed by atoms with van der Waals surface area (Å²) in [7, 11) is 0.